The minimum Gasteiger partial charge on any atom is -0.384 e. The number of methoxy groups -OCH3 is 1. The van der Waals surface area contributed by atoms with Crippen LogP contribution in [0.5, 0.6) is 0 Å². The van der Waals surface area contributed by atoms with Gasteiger partial charge in [0.25, 0.3) is 0 Å². The van der Waals surface area contributed by atoms with Crippen molar-refractivity contribution in [1.29, 1.82) is 0 Å². The third-order valence-corrected chi connectivity index (χ3v) is 1.98. The van der Waals surface area contributed by atoms with Gasteiger partial charge in [-0.2, -0.15) is 0 Å². The van der Waals surface area contributed by atoms with Gasteiger partial charge in [0.15, 0.2) is 9.03 Å². The van der Waals surface area contributed by atoms with Crippen molar-refractivity contribution < 1.29 is 13.8 Å². The highest BCUT2D eigenvalue weighted by Crippen LogP contribution is 2.31. The fourth-order valence-corrected chi connectivity index (χ4v) is 1.82. The Morgan fingerprint density at radius 1 is 1.50 bits per heavy atom. The Bertz CT molecular complexity index is 95.7. The quantitative estimate of drug-likeness (QED) is 0.574. The first-order valence-electron chi connectivity index (χ1n) is 3.24. The predicted octanol–water partition coefficient (Wildman–Crippen LogP) is 1.19. The second-order valence-electron chi connectivity index (χ2n) is 2.90. The minimum absolute atomic E-state index is 0.0694. The normalized spacial score (nSPS) is 36.6. The van der Waals surface area contributed by atoms with Gasteiger partial charge < -0.3 is 13.8 Å². The highest BCUT2D eigenvalue weighted by molar-refractivity contribution is 7.26. The molecule has 3 nitrogen and oxygen atoms in total. The summed E-state index contributed by atoms with van der Waals surface area (Å²) in [6.45, 7) is 4.30. The Labute approximate surface area is 63.0 Å². The van der Waals surface area contributed by atoms with E-state index in [1.54, 1.807) is 7.11 Å². The number of ether oxygens (including phenoxy) is 1. The summed E-state index contributed by atoms with van der Waals surface area (Å²) in [6, 6.07) is 0. The maximum atomic E-state index is 5.16. The van der Waals surface area contributed by atoms with Crippen molar-refractivity contribution in [1.82, 2.24) is 0 Å². The summed E-state index contributed by atoms with van der Waals surface area (Å²) in [5.74, 6) is 0. The van der Waals surface area contributed by atoms with Crippen LogP contribution in [0.1, 0.15) is 6.92 Å². The Hall–Kier alpha value is 0.310. The summed E-state index contributed by atoms with van der Waals surface area (Å²) < 4.78 is 15.4. The molecule has 1 aliphatic rings. The molecule has 0 aliphatic carbocycles. The zero-order valence-electron chi connectivity index (χ0n) is 6.35. The molecule has 0 N–H and O–H groups in total. The Kier molecular flexibility index (Phi) is 3.05. The van der Waals surface area contributed by atoms with Gasteiger partial charge in [-0.05, 0) is 0 Å². The van der Waals surface area contributed by atoms with Gasteiger partial charge in [-0.25, -0.2) is 0 Å². The highest BCUT2D eigenvalue weighted by atomic mass is 31.1. The van der Waals surface area contributed by atoms with E-state index in [9.17, 15) is 0 Å². The van der Waals surface area contributed by atoms with Crippen LogP contribution in [-0.2, 0) is 13.8 Å². The molecule has 0 radical (unpaired) electrons. The van der Waals surface area contributed by atoms with Crippen molar-refractivity contribution in [2.24, 2.45) is 5.41 Å². The predicted molar refractivity (Wildman–Crippen MR) is 40.2 cm³/mol. The van der Waals surface area contributed by atoms with E-state index in [0.717, 1.165) is 13.2 Å². The third-order valence-electron chi connectivity index (χ3n) is 1.45. The lowest BCUT2D eigenvalue weighted by atomic mass is 9.95. The molecule has 0 atom stereocenters. The molecule has 0 saturated carbocycles. The Morgan fingerprint density at radius 3 is 2.60 bits per heavy atom. The largest absolute Gasteiger partial charge is 0.384 e. The standard InChI is InChI=1S/C6H13O3P/c1-6(3-7-2)4-8-10-9-5-6/h10H,3-5H2,1-2H3. The zero-order valence-corrected chi connectivity index (χ0v) is 7.35. The fourth-order valence-electron chi connectivity index (χ4n) is 0.923. The molecule has 0 aromatic heterocycles. The first-order chi connectivity index (χ1) is 4.77. The highest BCUT2D eigenvalue weighted by Gasteiger charge is 2.28. The van der Waals surface area contributed by atoms with Crippen molar-refractivity contribution in [3.8, 4) is 0 Å². The smallest absolute Gasteiger partial charge is 0.155 e. The molecular weight excluding hydrogens is 151 g/mol. The van der Waals surface area contributed by atoms with Crippen LogP contribution < -0.4 is 0 Å². The molecule has 1 heterocycles. The Balaban J connectivity index is 2.32. The SMILES string of the molecule is COCC1(C)COPOC1. The maximum Gasteiger partial charge on any atom is 0.155 e. The van der Waals surface area contributed by atoms with E-state index < -0.39 is 0 Å². The molecule has 1 fully saturated rings. The molecule has 0 unspecified atom stereocenters. The van der Waals surface area contributed by atoms with Crippen LogP contribution in [-0.4, -0.2) is 26.9 Å². The van der Waals surface area contributed by atoms with Gasteiger partial charge in [-0.3, -0.25) is 0 Å². The van der Waals surface area contributed by atoms with Gasteiger partial charge >= 0.3 is 0 Å². The average Bonchev–Trinajstić information content (AvgIpc) is 1.89. The van der Waals surface area contributed by atoms with Crippen molar-refractivity contribution in [3.63, 3.8) is 0 Å². The van der Waals surface area contributed by atoms with E-state index in [1.807, 2.05) is 0 Å². The number of hydrogen-bond donors (Lipinski definition) is 0. The van der Waals surface area contributed by atoms with Crippen LogP contribution in [0.25, 0.3) is 0 Å². The lowest BCUT2D eigenvalue weighted by molar-refractivity contribution is -0.00559. The summed E-state index contributed by atoms with van der Waals surface area (Å²) in [5, 5.41) is 0. The van der Waals surface area contributed by atoms with Crippen molar-refractivity contribution in [3.05, 3.63) is 0 Å². The second kappa shape index (κ2) is 3.63. The summed E-state index contributed by atoms with van der Waals surface area (Å²) >= 11 is 0. The van der Waals surface area contributed by atoms with Crippen molar-refractivity contribution in [2.75, 3.05) is 26.9 Å². The van der Waals surface area contributed by atoms with Crippen molar-refractivity contribution in [2.45, 2.75) is 6.92 Å². The van der Waals surface area contributed by atoms with E-state index in [-0.39, 0.29) is 14.4 Å². The van der Waals surface area contributed by atoms with Crippen LogP contribution in [0.4, 0.5) is 0 Å². The van der Waals surface area contributed by atoms with Gasteiger partial charge in [0, 0.05) is 12.5 Å². The second-order valence-corrected chi connectivity index (χ2v) is 3.65. The monoisotopic (exact) mass is 164 g/mol. The molecule has 0 spiro atoms. The molecule has 0 aromatic carbocycles. The molecule has 10 heavy (non-hydrogen) atoms. The molecule has 1 rings (SSSR count). The van der Waals surface area contributed by atoms with Crippen LogP contribution in [0.2, 0.25) is 0 Å². The molecule has 60 valence electrons. The molecule has 1 aliphatic heterocycles. The minimum atomic E-state index is 0.0694. The lowest BCUT2D eigenvalue weighted by Gasteiger charge is -2.31. The maximum absolute atomic E-state index is 5.16. The summed E-state index contributed by atoms with van der Waals surface area (Å²) in [6.07, 6.45) is 0. The van der Waals surface area contributed by atoms with Gasteiger partial charge in [-0.1, -0.05) is 6.92 Å². The zero-order chi connectivity index (χ0) is 7.45. The van der Waals surface area contributed by atoms with Gasteiger partial charge in [0.2, 0.25) is 0 Å². The average molecular weight is 164 g/mol. The summed E-state index contributed by atoms with van der Waals surface area (Å²) in [5.41, 5.74) is 0.0694. The van der Waals surface area contributed by atoms with Crippen LogP contribution in [0, 0.1) is 5.41 Å². The van der Waals surface area contributed by atoms with E-state index in [1.165, 1.54) is 0 Å². The van der Waals surface area contributed by atoms with Crippen LogP contribution >= 0.6 is 9.03 Å². The van der Waals surface area contributed by atoms with E-state index in [0.29, 0.717) is 6.61 Å². The topological polar surface area (TPSA) is 27.7 Å². The molecule has 0 bridgehead atoms. The molecule has 0 amide bonds. The first-order valence-corrected chi connectivity index (χ1v) is 4.06. The van der Waals surface area contributed by atoms with Gasteiger partial charge in [0.05, 0.1) is 19.8 Å². The van der Waals surface area contributed by atoms with Gasteiger partial charge in [-0.15, -0.1) is 0 Å². The van der Waals surface area contributed by atoms with Crippen molar-refractivity contribution >= 4 is 9.03 Å². The Morgan fingerprint density at radius 2 is 2.10 bits per heavy atom. The van der Waals surface area contributed by atoms with E-state index in [4.69, 9.17) is 13.8 Å². The summed E-state index contributed by atoms with van der Waals surface area (Å²) in [7, 11) is 1.91. The van der Waals surface area contributed by atoms with E-state index >= 15 is 0 Å². The van der Waals surface area contributed by atoms with E-state index in [2.05, 4.69) is 6.92 Å². The molecule has 4 heteroatoms. The fraction of sp³-hybridized carbons (Fsp3) is 1.00. The number of hydrogen-bond acceptors (Lipinski definition) is 3. The summed E-state index contributed by atoms with van der Waals surface area (Å²) in [4.78, 5) is 0. The molecular formula is C6H13O3P. The van der Waals surface area contributed by atoms with Crippen LogP contribution in [0.3, 0.4) is 0 Å². The third kappa shape index (κ3) is 2.17. The lowest BCUT2D eigenvalue weighted by Crippen LogP contribution is -2.34. The number of rotatable bonds is 2. The molecule has 0 aromatic rings. The van der Waals surface area contributed by atoms with Crippen LogP contribution in [0.15, 0.2) is 0 Å². The first kappa shape index (κ1) is 8.41. The van der Waals surface area contributed by atoms with Gasteiger partial charge in [0.1, 0.15) is 0 Å². The molecule has 1 saturated heterocycles.